The van der Waals surface area contributed by atoms with Gasteiger partial charge in [-0.15, -0.1) is 11.3 Å². The summed E-state index contributed by atoms with van der Waals surface area (Å²) in [4.78, 5) is 1.15. The fourth-order valence-corrected chi connectivity index (χ4v) is 2.66. The normalized spacial score (nSPS) is 28.5. The Morgan fingerprint density at radius 2 is 2.58 bits per heavy atom. The molecular weight excluding hydrogens is 170 g/mol. The molecule has 0 bridgehead atoms. The lowest BCUT2D eigenvalue weighted by molar-refractivity contribution is 0.160. The minimum Gasteiger partial charge on any atom is -0.386 e. The Hall–Kier alpha value is -0.380. The van der Waals surface area contributed by atoms with Crippen LogP contribution in [-0.2, 0) is 0 Å². The molecule has 2 nitrogen and oxygen atoms in total. The quantitative estimate of drug-likeness (QED) is 0.696. The van der Waals surface area contributed by atoms with Crippen molar-refractivity contribution in [2.75, 3.05) is 6.54 Å². The number of β-amino-alcohol motifs (C(OH)–C–C–N with tert-alkyl or cyclic N) is 1. The lowest BCUT2D eigenvalue weighted by atomic mass is 9.99. The molecule has 1 aromatic heterocycles. The third-order valence-corrected chi connectivity index (χ3v) is 3.40. The topological polar surface area (TPSA) is 32.3 Å². The second-order valence-electron chi connectivity index (χ2n) is 3.13. The van der Waals surface area contributed by atoms with E-state index < -0.39 is 0 Å². The standard InChI is InChI=1S/C9H13NOS/c1-2-7-6-3-4-12-9(6)8(11)5-10-7/h3-4,7-8,10-11H,2,5H2,1H3. The molecule has 2 rings (SSSR count). The van der Waals surface area contributed by atoms with Crippen molar-refractivity contribution in [3.63, 3.8) is 0 Å². The van der Waals surface area contributed by atoms with E-state index in [9.17, 15) is 5.11 Å². The van der Waals surface area contributed by atoms with Gasteiger partial charge in [-0.05, 0) is 23.4 Å². The molecule has 3 heteroatoms. The second kappa shape index (κ2) is 3.17. The van der Waals surface area contributed by atoms with Gasteiger partial charge in [0.25, 0.3) is 0 Å². The van der Waals surface area contributed by atoms with E-state index in [4.69, 9.17) is 0 Å². The zero-order chi connectivity index (χ0) is 8.55. The maximum Gasteiger partial charge on any atom is 0.101 e. The molecule has 0 saturated carbocycles. The van der Waals surface area contributed by atoms with Crippen molar-refractivity contribution < 1.29 is 5.11 Å². The summed E-state index contributed by atoms with van der Waals surface area (Å²) in [6.45, 7) is 2.86. The molecule has 0 spiro atoms. The van der Waals surface area contributed by atoms with Crippen LogP contribution in [0.4, 0.5) is 0 Å². The SMILES string of the molecule is CCC1NCC(O)c2sccc21. The third kappa shape index (κ3) is 1.18. The van der Waals surface area contributed by atoms with Crippen LogP contribution >= 0.6 is 11.3 Å². The summed E-state index contributed by atoms with van der Waals surface area (Å²) in [6.07, 6.45) is 0.805. The van der Waals surface area contributed by atoms with Crippen molar-refractivity contribution in [2.45, 2.75) is 25.5 Å². The van der Waals surface area contributed by atoms with Gasteiger partial charge in [0.05, 0.1) is 0 Å². The van der Waals surface area contributed by atoms with E-state index in [1.54, 1.807) is 11.3 Å². The van der Waals surface area contributed by atoms with Crippen molar-refractivity contribution in [3.05, 3.63) is 21.9 Å². The summed E-state index contributed by atoms with van der Waals surface area (Å²) < 4.78 is 0. The smallest absolute Gasteiger partial charge is 0.101 e. The van der Waals surface area contributed by atoms with Crippen LogP contribution < -0.4 is 5.32 Å². The molecule has 12 heavy (non-hydrogen) atoms. The molecule has 2 atom stereocenters. The number of nitrogens with one attached hydrogen (secondary N) is 1. The van der Waals surface area contributed by atoms with Gasteiger partial charge in [0, 0.05) is 17.5 Å². The Kier molecular flexibility index (Phi) is 2.17. The molecule has 1 aliphatic rings. The van der Waals surface area contributed by atoms with Crippen LogP contribution in [0.3, 0.4) is 0 Å². The molecule has 0 fully saturated rings. The first-order valence-corrected chi connectivity index (χ1v) is 5.19. The minimum absolute atomic E-state index is 0.289. The van der Waals surface area contributed by atoms with Crippen LogP contribution in [0.2, 0.25) is 0 Å². The summed E-state index contributed by atoms with van der Waals surface area (Å²) in [5.41, 5.74) is 1.29. The summed E-state index contributed by atoms with van der Waals surface area (Å²) >= 11 is 1.66. The van der Waals surface area contributed by atoms with Crippen molar-refractivity contribution >= 4 is 11.3 Å². The zero-order valence-electron chi connectivity index (χ0n) is 7.08. The summed E-state index contributed by atoms with van der Waals surface area (Å²) in [7, 11) is 0. The number of hydrogen-bond donors (Lipinski definition) is 2. The first-order chi connectivity index (χ1) is 5.83. The highest BCUT2D eigenvalue weighted by molar-refractivity contribution is 7.10. The zero-order valence-corrected chi connectivity index (χ0v) is 7.90. The van der Waals surface area contributed by atoms with Crippen LogP contribution in [-0.4, -0.2) is 11.7 Å². The molecule has 1 aliphatic heterocycles. The highest BCUT2D eigenvalue weighted by Gasteiger charge is 2.24. The van der Waals surface area contributed by atoms with E-state index >= 15 is 0 Å². The number of aliphatic hydroxyl groups is 1. The molecule has 0 amide bonds. The van der Waals surface area contributed by atoms with Crippen LogP contribution in [0.15, 0.2) is 11.4 Å². The van der Waals surface area contributed by atoms with Gasteiger partial charge in [-0.2, -0.15) is 0 Å². The Morgan fingerprint density at radius 1 is 1.75 bits per heavy atom. The van der Waals surface area contributed by atoms with Gasteiger partial charge >= 0.3 is 0 Å². The van der Waals surface area contributed by atoms with Crippen LogP contribution in [0.1, 0.15) is 35.9 Å². The van der Waals surface area contributed by atoms with Gasteiger partial charge in [0.15, 0.2) is 0 Å². The van der Waals surface area contributed by atoms with Gasteiger partial charge in [-0.3, -0.25) is 0 Å². The van der Waals surface area contributed by atoms with Crippen molar-refractivity contribution in [2.24, 2.45) is 0 Å². The largest absolute Gasteiger partial charge is 0.386 e. The third-order valence-electron chi connectivity index (χ3n) is 2.37. The van der Waals surface area contributed by atoms with E-state index in [1.165, 1.54) is 5.56 Å². The fourth-order valence-electron chi connectivity index (χ4n) is 1.71. The number of thiophene rings is 1. The summed E-state index contributed by atoms with van der Waals surface area (Å²) in [6, 6.07) is 2.57. The van der Waals surface area contributed by atoms with E-state index in [0.717, 1.165) is 11.3 Å². The van der Waals surface area contributed by atoms with Crippen molar-refractivity contribution in [1.82, 2.24) is 5.32 Å². The summed E-state index contributed by atoms with van der Waals surface area (Å²) in [5, 5.41) is 15.0. The highest BCUT2D eigenvalue weighted by atomic mass is 32.1. The van der Waals surface area contributed by atoms with Gasteiger partial charge in [-0.25, -0.2) is 0 Å². The molecule has 0 saturated heterocycles. The fraction of sp³-hybridized carbons (Fsp3) is 0.556. The maximum atomic E-state index is 9.61. The molecule has 0 radical (unpaired) electrons. The van der Waals surface area contributed by atoms with E-state index in [1.807, 2.05) is 0 Å². The van der Waals surface area contributed by atoms with Gasteiger partial charge in [0.2, 0.25) is 0 Å². The Morgan fingerprint density at radius 3 is 3.33 bits per heavy atom. The predicted octanol–water partition coefficient (Wildman–Crippen LogP) is 1.84. The number of fused-ring (bicyclic) bond motifs is 1. The second-order valence-corrected chi connectivity index (χ2v) is 4.07. The Labute approximate surface area is 76.2 Å². The molecule has 0 aromatic carbocycles. The maximum absolute atomic E-state index is 9.61. The number of aliphatic hydroxyl groups excluding tert-OH is 1. The van der Waals surface area contributed by atoms with E-state index in [2.05, 4.69) is 23.7 Å². The first-order valence-electron chi connectivity index (χ1n) is 4.31. The molecule has 1 aromatic rings. The van der Waals surface area contributed by atoms with Crippen LogP contribution in [0, 0.1) is 0 Å². The van der Waals surface area contributed by atoms with Crippen molar-refractivity contribution in [1.29, 1.82) is 0 Å². The van der Waals surface area contributed by atoms with E-state index in [-0.39, 0.29) is 6.10 Å². The first kappa shape index (κ1) is 8.23. The monoisotopic (exact) mass is 183 g/mol. The van der Waals surface area contributed by atoms with Gasteiger partial charge in [-0.1, -0.05) is 6.92 Å². The summed E-state index contributed by atoms with van der Waals surface area (Å²) in [5.74, 6) is 0. The molecule has 0 aliphatic carbocycles. The molecule has 66 valence electrons. The van der Waals surface area contributed by atoms with Crippen LogP contribution in [0.5, 0.6) is 0 Å². The minimum atomic E-state index is -0.289. The lowest BCUT2D eigenvalue weighted by Gasteiger charge is -2.26. The number of rotatable bonds is 1. The molecular formula is C9H13NOS. The molecule has 2 unspecified atom stereocenters. The van der Waals surface area contributed by atoms with Crippen molar-refractivity contribution in [3.8, 4) is 0 Å². The average molecular weight is 183 g/mol. The average Bonchev–Trinajstić information content (AvgIpc) is 2.54. The number of hydrogen-bond acceptors (Lipinski definition) is 3. The highest BCUT2D eigenvalue weighted by Crippen LogP contribution is 2.34. The predicted molar refractivity (Wildman–Crippen MR) is 50.3 cm³/mol. The Bertz CT molecular complexity index is 271. The van der Waals surface area contributed by atoms with Gasteiger partial charge in [0.1, 0.15) is 6.10 Å². The van der Waals surface area contributed by atoms with Crippen LogP contribution in [0.25, 0.3) is 0 Å². The van der Waals surface area contributed by atoms with E-state index in [0.29, 0.717) is 12.6 Å². The lowest BCUT2D eigenvalue weighted by Crippen LogP contribution is -2.31. The molecule has 2 N–H and O–H groups in total. The Balaban J connectivity index is 2.36. The van der Waals surface area contributed by atoms with Gasteiger partial charge < -0.3 is 10.4 Å². The molecule has 2 heterocycles.